The van der Waals surface area contributed by atoms with Crippen LogP contribution in [0.15, 0.2) is 47.1 Å². The number of phenols is 1. The lowest BCUT2D eigenvalue weighted by molar-refractivity contribution is 0.0593. The van der Waals surface area contributed by atoms with Crippen molar-refractivity contribution in [1.82, 2.24) is 4.57 Å². The third kappa shape index (κ3) is 3.04. The van der Waals surface area contributed by atoms with Crippen LogP contribution in [0, 0.1) is 18.3 Å². The molecule has 136 valence electrons. The molecule has 0 spiro atoms. The van der Waals surface area contributed by atoms with Gasteiger partial charge in [-0.15, -0.1) is 0 Å². The van der Waals surface area contributed by atoms with E-state index in [-0.39, 0.29) is 22.7 Å². The first-order valence-electron chi connectivity index (χ1n) is 7.97. The molecule has 3 rings (SSSR count). The lowest BCUT2D eigenvalue weighted by Crippen LogP contribution is -2.12. The molecular weight excluding hydrogens is 410 g/mol. The Balaban J connectivity index is 2.43. The first-order valence-corrected chi connectivity index (χ1v) is 8.77. The summed E-state index contributed by atoms with van der Waals surface area (Å²) in [6.07, 6.45) is 1.49. The number of rotatable bonds is 3. The van der Waals surface area contributed by atoms with Gasteiger partial charge in [0.15, 0.2) is 5.69 Å². The Morgan fingerprint density at radius 2 is 1.96 bits per heavy atom. The van der Waals surface area contributed by atoms with Crippen LogP contribution in [-0.2, 0) is 4.74 Å². The van der Waals surface area contributed by atoms with Gasteiger partial charge in [-0.1, -0.05) is 30.3 Å². The number of carbonyl (C=O) groups excluding carboxylic acids is 1. The second-order valence-electron chi connectivity index (χ2n) is 5.89. The second kappa shape index (κ2) is 7.17. The van der Waals surface area contributed by atoms with Gasteiger partial charge in [-0.05, 0) is 34.5 Å². The normalized spacial score (nSPS) is 10.4. The maximum absolute atomic E-state index is 12.4. The van der Waals surface area contributed by atoms with Crippen molar-refractivity contribution in [2.24, 2.45) is 0 Å². The molecule has 1 aromatic heterocycles. The number of benzene rings is 2. The third-order valence-corrected chi connectivity index (χ3v) is 5.29. The standard InChI is InChI=1S/C20H16BrN3O3/c1-11-7-8-14(13-5-3-4-6-15(13)25)18(16(11)21)24-10-12(9-22)17(23)19(24)20(26)27-2/h3-8,10,25H,23H2,1-2H3. The van der Waals surface area contributed by atoms with Gasteiger partial charge in [0.05, 0.1) is 24.0 Å². The fourth-order valence-corrected chi connectivity index (χ4v) is 3.45. The molecule has 0 aliphatic carbocycles. The summed E-state index contributed by atoms with van der Waals surface area (Å²) in [6.45, 7) is 1.90. The van der Waals surface area contributed by atoms with Crippen LogP contribution < -0.4 is 5.73 Å². The van der Waals surface area contributed by atoms with E-state index in [4.69, 9.17) is 10.5 Å². The number of aromatic hydroxyl groups is 1. The quantitative estimate of drug-likeness (QED) is 0.613. The molecule has 0 radical (unpaired) electrons. The van der Waals surface area contributed by atoms with E-state index < -0.39 is 5.97 Å². The summed E-state index contributed by atoms with van der Waals surface area (Å²) < 4.78 is 7.09. The highest BCUT2D eigenvalue weighted by atomic mass is 79.9. The molecule has 0 saturated heterocycles. The van der Waals surface area contributed by atoms with Crippen molar-refractivity contribution in [2.45, 2.75) is 6.92 Å². The van der Waals surface area contributed by atoms with Gasteiger partial charge >= 0.3 is 5.97 Å². The van der Waals surface area contributed by atoms with E-state index >= 15 is 0 Å². The lowest BCUT2D eigenvalue weighted by atomic mass is 10.0. The Labute approximate surface area is 164 Å². The number of nitriles is 1. The Morgan fingerprint density at radius 1 is 1.26 bits per heavy atom. The van der Waals surface area contributed by atoms with Crippen LogP contribution in [0.1, 0.15) is 21.6 Å². The number of anilines is 1. The molecule has 7 heteroatoms. The highest BCUT2D eigenvalue weighted by molar-refractivity contribution is 9.10. The number of para-hydroxylation sites is 1. The van der Waals surface area contributed by atoms with Crippen LogP contribution in [0.25, 0.3) is 16.8 Å². The van der Waals surface area contributed by atoms with E-state index in [0.717, 1.165) is 5.56 Å². The fraction of sp³-hybridized carbons (Fsp3) is 0.100. The molecule has 0 amide bonds. The number of aryl methyl sites for hydroxylation is 1. The summed E-state index contributed by atoms with van der Waals surface area (Å²) in [5.74, 6) is -0.569. The highest BCUT2D eigenvalue weighted by Gasteiger charge is 2.25. The minimum absolute atomic E-state index is 0.0426. The number of nitrogens with zero attached hydrogens (tertiary/aromatic N) is 2. The summed E-state index contributed by atoms with van der Waals surface area (Å²) in [5, 5.41) is 19.7. The Kier molecular flexibility index (Phi) is 4.93. The topological polar surface area (TPSA) is 101 Å². The zero-order valence-corrected chi connectivity index (χ0v) is 16.2. The molecule has 27 heavy (non-hydrogen) atoms. The van der Waals surface area contributed by atoms with Crippen molar-refractivity contribution in [3.05, 3.63) is 63.9 Å². The highest BCUT2D eigenvalue weighted by Crippen LogP contribution is 2.40. The number of ether oxygens (including phenoxy) is 1. The minimum Gasteiger partial charge on any atom is -0.507 e. The van der Waals surface area contributed by atoms with Gasteiger partial charge in [-0.3, -0.25) is 0 Å². The largest absolute Gasteiger partial charge is 0.507 e. The van der Waals surface area contributed by atoms with Crippen molar-refractivity contribution in [3.8, 4) is 28.6 Å². The number of aromatic nitrogens is 1. The summed E-state index contributed by atoms with van der Waals surface area (Å²) in [6, 6.07) is 12.6. The van der Waals surface area contributed by atoms with E-state index in [0.29, 0.717) is 21.3 Å². The molecule has 2 aromatic carbocycles. The van der Waals surface area contributed by atoms with E-state index in [1.165, 1.54) is 17.9 Å². The van der Waals surface area contributed by atoms with Crippen molar-refractivity contribution in [1.29, 1.82) is 5.26 Å². The molecular formula is C20H16BrN3O3. The predicted molar refractivity (Wildman–Crippen MR) is 106 cm³/mol. The Hall–Kier alpha value is -3.24. The molecule has 0 atom stereocenters. The number of halogens is 1. The Bertz CT molecular complexity index is 1100. The first-order chi connectivity index (χ1) is 12.9. The molecule has 3 aromatic rings. The number of esters is 1. The monoisotopic (exact) mass is 425 g/mol. The lowest BCUT2D eigenvalue weighted by Gasteiger charge is -2.18. The number of nitrogens with two attached hydrogens (primary N) is 1. The molecule has 3 N–H and O–H groups in total. The summed E-state index contributed by atoms with van der Waals surface area (Å²) in [4.78, 5) is 12.4. The zero-order valence-electron chi connectivity index (χ0n) is 14.7. The second-order valence-corrected chi connectivity index (χ2v) is 6.68. The maximum Gasteiger partial charge on any atom is 0.357 e. The first kappa shape index (κ1) is 18.5. The van der Waals surface area contributed by atoms with Gasteiger partial charge in [0.25, 0.3) is 0 Å². The van der Waals surface area contributed by atoms with Crippen molar-refractivity contribution in [3.63, 3.8) is 0 Å². The maximum atomic E-state index is 12.4. The molecule has 1 heterocycles. The van der Waals surface area contributed by atoms with Gasteiger partial charge in [0.1, 0.15) is 11.8 Å². The fourth-order valence-electron chi connectivity index (χ4n) is 2.91. The molecule has 0 bridgehead atoms. The van der Waals surface area contributed by atoms with E-state index in [1.54, 1.807) is 24.3 Å². The number of carbonyl (C=O) groups is 1. The van der Waals surface area contributed by atoms with Crippen molar-refractivity contribution >= 4 is 27.6 Å². The molecule has 0 fully saturated rings. The minimum atomic E-state index is -0.661. The average molecular weight is 426 g/mol. The van der Waals surface area contributed by atoms with Gasteiger partial charge in [-0.2, -0.15) is 5.26 Å². The van der Waals surface area contributed by atoms with Gasteiger partial charge in [0.2, 0.25) is 0 Å². The van der Waals surface area contributed by atoms with Crippen molar-refractivity contribution < 1.29 is 14.6 Å². The van der Waals surface area contributed by atoms with Crippen LogP contribution in [0.3, 0.4) is 0 Å². The summed E-state index contributed by atoms with van der Waals surface area (Å²) in [7, 11) is 1.25. The van der Waals surface area contributed by atoms with E-state index in [1.807, 2.05) is 25.1 Å². The SMILES string of the molecule is COC(=O)c1c(N)c(C#N)cn1-c1c(-c2ccccc2O)ccc(C)c1Br. The number of hydrogen-bond donors (Lipinski definition) is 2. The number of nitrogen functional groups attached to an aromatic ring is 1. The van der Waals surface area contributed by atoms with Crippen molar-refractivity contribution in [2.75, 3.05) is 12.8 Å². The predicted octanol–water partition coefficient (Wildman–Crippen LogP) is 4.16. The summed E-state index contributed by atoms with van der Waals surface area (Å²) >= 11 is 3.57. The number of phenolic OH excluding ortho intramolecular Hbond substituents is 1. The molecule has 0 saturated carbocycles. The molecule has 0 aliphatic rings. The van der Waals surface area contributed by atoms with Crippen LogP contribution in [-0.4, -0.2) is 22.8 Å². The van der Waals surface area contributed by atoms with Crippen LogP contribution in [0.2, 0.25) is 0 Å². The van der Waals surface area contributed by atoms with Crippen LogP contribution in [0.4, 0.5) is 5.69 Å². The van der Waals surface area contributed by atoms with E-state index in [9.17, 15) is 15.2 Å². The third-order valence-electron chi connectivity index (χ3n) is 4.29. The van der Waals surface area contributed by atoms with E-state index in [2.05, 4.69) is 15.9 Å². The Morgan fingerprint density at radius 3 is 2.59 bits per heavy atom. The van der Waals surface area contributed by atoms with Gasteiger partial charge in [-0.25, -0.2) is 4.79 Å². The average Bonchev–Trinajstić information content (AvgIpc) is 2.99. The zero-order chi connectivity index (χ0) is 19.7. The summed E-state index contributed by atoms with van der Waals surface area (Å²) in [5.41, 5.74) is 9.00. The molecule has 6 nitrogen and oxygen atoms in total. The van der Waals surface area contributed by atoms with Crippen LogP contribution >= 0.6 is 15.9 Å². The van der Waals surface area contributed by atoms with Crippen LogP contribution in [0.5, 0.6) is 5.75 Å². The molecule has 0 unspecified atom stereocenters. The molecule has 0 aliphatic heterocycles. The smallest absolute Gasteiger partial charge is 0.357 e. The number of methoxy groups -OCH3 is 1. The van der Waals surface area contributed by atoms with Gasteiger partial charge in [0, 0.05) is 21.8 Å². The number of hydrogen-bond acceptors (Lipinski definition) is 5. The van der Waals surface area contributed by atoms with Gasteiger partial charge < -0.3 is 20.1 Å².